The van der Waals surface area contributed by atoms with Gasteiger partial charge < -0.3 is 0 Å². The summed E-state index contributed by atoms with van der Waals surface area (Å²) in [5, 5.41) is 6.40. The number of fused-ring (bicyclic) bond motifs is 1. The van der Waals surface area contributed by atoms with E-state index in [0.29, 0.717) is 10.6 Å². The Morgan fingerprint density at radius 2 is 1.74 bits per heavy atom. The molecule has 0 aliphatic carbocycles. The van der Waals surface area contributed by atoms with Gasteiger partial charge in [-0.1, -0.05) is 35.9 Å². The van der Waals surface area contributed by atoms with E-state index in [9.17, 15) is 4.79 Å². The quantitative estimate of drug-likeness (QED) is 0.599. The lowest BCUT2D eigenvalue weighted by atomic mass is 9.97. The van der Waals surface area contributed by atoms with Crippen molar-refractivity contribution in [2.75, 3.05) is 0 Å². The summed E-state index contributed by atoms with van der Waals surface area (Å²) in [7, 11) is 0. The van der Waals surface area contributed by atoms with Crippen molar-refractivity contribution in [2.45, 2.75) is 6.92 Å². The van der Waals surface area contributed by atoms with Crippen LogP contribution in [0.5, 0.6) is 0 Å². The Morgan fingerprint density at radius 1 is 1.00 bits per heavy atom. The zero-order chi connectivity index (χ0) is 13.4. The minimum Gasteiger partial charge on any atom is -0.289 e. The molecule has 0 unspecified atom stereocenters. The molecule has 1 nitrogen and oxygen atoms in total. The van der Waals surface area contributed by atoms with Gasteiger partial charge in [0.25, 0.3) is 0 Å². The van der Waals surface area contributed by atoms with E-state index in [4.69, 9.17) is 11.6 Å². The smallest absolute Gasteiger partial charge is 0.194 e. The van der Waals surface area contributed by atoms with E-state index in [1.54, 1.807) is 17.4 Å². The van der Waals surface area contributed by atoms with Crippen molar-refractivity contribution in [3.63, 3.8) is 0 Å². The van der Waals surface area contributed by atoms with Crippen molar-refractivity contribution >= 4 is 39.5 Å². The molecule has 3 aromatic rings. The molecule has 0 aliphatic heterocycles. The number of hydrogen-bond donors (Lipinski definition) is 0. The zero-order valence-corrected chi connectivity index (χ0v) is 11.9. The molecular formula is C16H11ClOS. The number of benzene rings is 2. The van der Waals surface area contributed by atoms with Gasteiger partial charge in [-0.25, -0.2) is 0 Å². The van der Waals surface area contributed by atoms with Gasteiger partial charge in [0.15, 0.2) is 5.78 Å². The molecule has 3 rings (SSSR count). The topological polar surface area (TPSA) is 17.1 Å². The van der Waals surface area contributed by atoms with E-state index in [-0.39, 0.29) is 5.78 Å². The van der Waals surface area contributed by atoms with Crippen molar-refractivity contribution in [3.05, 3.63) is 68.9 Å². The Morgan fingerprint density at radius 3 is 2.42 bits per heavy atom. The molecule has 3 heteroatoms. The second-order valence-corrected chi connectivity index (χ2v) is 5.59. The van der Waals surface area contributed by atoms with Crippen molar-refractivity contribution in [1.29, 1.82) is 0 Å². The molecule has 0 spiro atoms. The van der Waals surface area contributed by atoms with E-state index in [1.165, 1.54) is 0 Å². The van der Waals surface area contributed by atoms with Crippen LogP contribution < -0.4 is 0 Å². The normalized spacial score (nSPS) is 10.8. The van der Waals surface area contributed by atoms with Gasteiger partial charge in [0.05, 0.1) is 0 Å². The Hall–Kier alpha value is -1.64. The number of carbonyl (C=O) groups excluding carboxylic acids is 1. The predicted molar refractivity (Wildman–Crippen MR) is 81.4 cm³/mol. The van der Waals surface area contributed by atoms with Crippen LogP contribution in [0.4, 0.5) is 0 Å². The Balaban J connectivity index is 2.24. The minimum atomic E-state index is 0.0617. The number of carbonyl (C=O) groups is 1. The summed E-state index contributed by atoms with van der Waals surface area (Å²) in [6, 6.07) is 11.3. The molecule has 0 amide bonds. The molecule has 0 aliphatic rings. The molecule has 19 heavy (non-hydrogen) atoms. The summed E-state index contributed by atoms with van der Waals surface area (Å²) in [6.07, 6.45) is 0. The number of aryl methyl sites for hydroxylation is 1. The standard InChI is InChI=1S/C16H11ClOS/c1-10-8-19-9-14(10)16(18)13-6-7-15(17)12-5-3-2-4-11(12)13/h2-9H,1H3. The highest BCUT2D eigenvalue weighted by molar-refractivity contribution is 7.08. The van der Waals surface area contributed by atoms with Gasteiger partial charge in [-0.3, -0.25) is 4.79 Å². The van der Waals surface area contributed by atoms with E-state index >= 15 is 0 Å². The number of halogens is 1. The van der Waals surface area contributed by atoms with Gasteiger partial charge in [0.2, 0.25) is 0 Å². The molecule has 94 valence electrons. The minimum absolute atomic E-state index is 0.0617. The predicted octanol–water partition coefficient (Wildman–Crippen LogP) is 5.09. The molecule has 0 atom stereocenters. The summed E-state index contributed by atoms with van der Waals surface area (Å²) in [5.74, 6) is 0.0617. The third-order valence-corrected chi connectivity index (χ3v) is 4.41. The maximum Gasteiger partial charge on any atom is 0.194 e. The number of thiophene rings is 1. The molecule has 0 N–H and O–H groups in total. The first-order valence-corrected chi connectivity index (χ1v) is 7.25. The second-order valence-electron chi connectivity index (χ2n) is 4.44. The van der Waals surface area contributed by atoms with Crippen molar-refractivity contribution < 1.29 is 4.79 Å². The van der Waals surface area contributed by atoms with Gasteiger partial charge in [0, 0.05) is 26.9 Å². The summed E-state index contributed by atoms with van der Waals surface area (Å²) < 4.78 is 0. The Bertz CT molecular complexity index is 773. The van der Waals surface area contributed by atoms with Crippen molar-refractivity contribution in [1.82, 2.24) is 0 Å². The fourth-order valence-electron chi connectivity index (χ4n) is 2.20. The molecule has 2 aromatic carbocycles. The van der Waals surface area contributed by atoms with E-state index in [1.807, 2.05) is 48.0 Å². The molecule has 0 radical (unpaired) electrons. The van der Waals surface area contributed by atoms with Crippen LogP contribution in [0.15, 0.2) is 47.2 Å². The highest BCUT2D eigenvalue weighted by Crippen LogP contribution is 2.29. The average molecular weight is 287 g/mol. The highest BCUT2D eigenvalue weighted by Gasteiger charge is 2.16. The summed E-state index contributed by atoms with van der Waals surface area (Å²) in [6.45, 7) is 1.96. The first-order chi connectivity index (χ1) is 9.18. The number of rotatable bonds is 2. The van der Waals surface area contributed by atoms with Gasteiger partial charge >= 0.3 is 0 Å². The van der Waals surface area contributed by atoms with Crippen LogP contribution in [0.2, 0.25) is 5.02 Å². The Kier molecular flexibility index (Phi) is 3.13. The monoisotopic (exact) mass is 286 g/mol. The van der Waals surface area contributed by atoms with Crippen LogP contribution >= 0.6 is 22.9 Å². The van der Waals surface area contributed by atoms with E-state index < -0.39 is 0 Å². The van der Waals surface area contributed by atoms with Crippen LogP contribution in [-0.2, 0) is 0 Å². The summed E-state index contributed by atoms with van der Waals surface area (Å²) >= 11 is 7.73. The highest BCUT2D eigenvalue weighted by atomic mass is 35.5. The van der Waals surface area contributed by atoms with Crippen molar-refractivity contribution in [2.24, 2.45) is 0 Å². The largest absolute Gasteiger partial charge is 0.289 e. The molecule has 1 aromatic heterocycles. The lowest BCUT2D eigenvalue weighted by Crippen LogP contribution is -2.02. The van der Waals surface area contributed by atoms with Gasteiger partial charge in [-0.05, 0) is 35.4 Å². The molecule has 0 saturated heterocycles. The third-order valence-electron chi connectivity index (χ3n) is 3.22. The number of hydrogen-bond acceptors (Lipinski definition) is 2. The van der Waals surface area contributed by atoms with Gasteiger partial charge in [-0.2, -0.15) is 11.3 Å². The lowest BCUT2D eigenvalue weighted by molar-refractivity contribution is 0.104. The first-order valence-electron chi connectivity index (χ1n) is 5.93. The van der Waals surface area contributed by atoms with Crippen molar-refractivity contribution in [3.8, 4) is 0 Å². The zero-order valence-electron chi connectivity index (χ0n) is 10.3. The van der Waals surface area contributed by atoms with E-state index in [2.05, 4.69) is 0 Å². The lowest BCUT2D eigenvalue weighted by Gasteiger charge is -2.07. The molecule has 0 saturated carbocycles. The maximum atomic E-state index is 12.6. The van der Waals surface area contributed by atoms with Crippen LogP contribution in [0.1, 0.15) is 21.5 Å². The van der Waals surface area contributed by atoms with E-state index in [0.717, 1.165) is 21.9 Å². The van der Waals surface area contributed by atoms with Gasteiger partial charge in [-0.15, -0.1) is 0 Å². The number of ketones is 1. The molecular weight excluding hydrogens is 276 g/mol. The molecule has 1 heterocycles. The molecule has 0 bridgehead atoms. The summed E-state index contributed by atoms with van der Waals surface area (Å²) in [5.41, 5.74) is 2.51. The van der Waals surface area contributed by atoms with Crippen LogP contribution in [0.3, 0.4) is 0 Å². The summed E-state index contributed by atoms with van der Waals surface area (Å²) in [4.78, 5) is 12.6. The van der Waals surface area contributed by atoms with Crippen LogP contribution in [0.25, 0.3) is 10.8 Å². The first kappa shape index (κ1) is 12.4. The van der Waals surface area contributed by atoms with Crippen LogP contribution in [-0.4, -0.2) is 5.78 Å². The Labute approximate surface area is 120 Å². The van der Waals surface area contributed by atoms with Gasteiger partial charge in [0.1, 0.15) is 0 Å². The second kappa shape index (κ2) is 4.80. The molecule has 0 fully saturated rings. The fourth-order valence-corrected chi connectivity index (χ4v) is 3.25. The van der Waals surface area contributed by atoms with Crippen LogP contribution in [0, 0.1) is 6.92 Å². The average Bonchev–Trinajstić information content (AvgIpc) is 2.85. The third kappa shape index (κ3) is 2.07. The SMILES string of the molecule is Cc1cscc1C(=O)c1ccc(Cl)c2ccccc12. The maximum absolute atomic E-state index is 12.6. The fraction of sp³-hybridized carbons (Fsp3) is 0.0625.